The Balaban J connectivity index is 2.35. The molecule has 1 heterocycles. The molecule has 0 amide bonds. The van der Waals surface area contributed by atoms with Gasteiger partial charge in [0, 0.05) is 26.2 Å². The number of hydrogen-bond donors (Lipinski definition) is 1. The Hall–Kier alpha value is -0.650. The molecule has 5 nitrogen and oxygen atoms in total. The Morgan fingerprint density at radius 2 is 2.06 bits per heavy atom. The van der Waals surface area contributed by atoms with Crippen LogP contribution in [0.2, 0.25) is 0 Å². The standard InChI is InChI=1S/C12H23NO4/c1-4-16-11(12(14)15)5-6-13-7-9(2)17-10(3)8-13/h9-11H,4-8H2,1-3H3,(H,14,15). The lowest BCUT2D eigenvalue weighted by atomic mass is 10.2. The van der Waals surface area contributed by atoms with Crippen LogP contribution in [0.4, 0.5) is 0 Å². The number of rotatable bonds is 6. The van der Waals surface area contributed by atoms with E-state index in [0.717, 1.165) is 19.6 Å². The third-order valence-corrected chi connectivity index (χ3v) is 2.85. The lowest BCUT2D eigenvalue weighted by Crippen LogP contribution is -2.46. The topological polar surface area (TPSA) is 59.0 Å². The maximum atomic E-state index is 10.9. The van der Waals surface area contributed by atoms with Crippen LogP contribution >= 0.6 is 0 Å². The maximum Gasteiger partial charge on any atom is 0.332 e. The minimum atomic E-state index is -0.874. The van der Waals surface area contributed by atoms with Gasteiger partial charge in [0.1, 0.15) is 0 Å². The summed E-state index contributed by atoms with van der Waals surface area (Å²) in [5.74, 6) is -0.874. The van der Waals surface area contributed by atoms with Gasteiger partial charge in [0.05, 0.1) is 12.2 Å². The van der Waals surface area contributed by atoms with Gasteiger partial charge >= 0.3 is 5.97 Å². The Morgan fingerprint density at radius 1 is 1.47 bits per heavy atom. The van der Waals surface area contributed by atoms with Crippen LogP contribution in [0.5, 0.6) is 0 Å². The first-order chi connectivity index (χ1) is 8.02. The number of aliphatic carboxylic acids is 1. The lowest BCUT2D eigenvalue weighted by molar-refractivity contribution is -0.151. The van der Waals surface area contributed by atoms with Crippen LogP contribution in [-0.4, -0.2) is 60.5 Å². The van der Waals surface area contributed by atoms with Gasteiger partial charge in [0.2, 0.25) is 0 Å². The summed E-state index contributed by atoms with van der Waals surface area (Å²) in [5, 5.41) is 8.97. The van der Waals surface area contributed by atoms with Crippen molar-refractivity contribution in [1.29, 1.82) is 0 Å². The Bertz CT molecular complexity index is 237. The average Bonchev–Trinajstić information content (AvgIpc) is 2.22. The molecule has 1 aliphatic rings. The van der Waals surface area contributed by atoms with Crippen molar-refractivity contribution in [2.24, 2.45) is 0 Å². The summed E-state index contributed by atoms with van der Waals surface area (Å²) in [6, 6.07) is 0. The number of carboxylic acids is 1. The van der Waals surface area contributed by atoms with Crippen molar-refractivity contribution in [2.75, 3.05) is 26.2 Å². The zero-order valence-electron chi connectivity index (χ0n) is 10.9. The van der Waals surface area contributed by atoms with Crippen LogP contribution in [-0.2, 0) is 14.3 Å². The van der Waals surface area contributed by atoms with E-state index >= 15 is 0 Å². The molecule has 0 aromatic carbocycles. The highest BCUT2D eigenvalue weighted by Crippen LogP contribution is 2.12. The molecule has 1 fully saturated rings. The molecule has 1 saturated heterocycles. The van der Waals surface area contributed by atoms with Crippen LogP contribution in [0.1, 0.15) is 27.2 Å². The molecule has 100 valence electrons. The van der Waals surface area contributed by atoms with E-state index in [0.29, 0.717) is 13.0 Å². The first kappa shape index (κ1) is 14.4. The summed E-state index contributed by atoms with van der Waals surface area (Å²) in [5.41, 5.74) is 0. The van der Waals surface area contributed by atoms with Crippen molar-refractivity contribution in [3.8, 4) is 0 Å². The van der Waals surface area contributed by atoms with Gasteiger partial charge in [-0.1, -0.05) is 0 Å². The second kappa shape index (κ2) is 6.93. The predicted molar refractivity (Wildman–Crippen MR) is 64.1 cm³/mol. The second-order valence-corrected chi connectivity index (χ2v) is 4.59. The van der Waals surface area contributed by atoms with E-state index in [2.05, 4.69) is 4.90 Å². The Morgan fingerprint density at radius 3 is 2.53 bits per heavy atom. The van der Waals surface area contributed by atoms with Gasteiger partial charge in [-0.3, -0.25) is 4.90 Å². The number of hydrogen-bond acceptors (Lipinski definition) is 4. The molecular formula is C12H23NO4. The van der Waals surface area contributed by atoms with Crippen molar-refractivity contribution in [1.82, 2.24) is 4.90 Å². The minimum Gasteiger partial charge on any atom is -0.479 e. The van der Waals surface area contributed by atoms with Crippen LogP contribution in [0.15, 0.2) is 0 Å². The molecule has 17 heavy (non-hydrogen) atoms. The molecule has 0 spiro atoms. The highest BCUT2D eigenvalue weighted by Gasteiger charge is 2.24. The molecular weight excluding hydrogens is 222 g/mol. The molecule has 0 aliphatic carbocycles. The molecule has 0 aromatic heterocycles. The van der Waals surface area contributed by atoms with Crippen LogP contribution in [0, 0.1) is 0 Å². The van der Waals surface area contributed by atoms with Crippen molar-refractivity contribution in [3.63, 3.8) is 0 Å². The van der Waals surface area contributed by atoms with E-state index in [-0.39, 0.29) is 12.2 Å². The summed E-state index contributed by atoms with van der Waals surface area (Å²) in [4.78, 5) is 13.2. The smallest absolute Gasteiger partial charge is 0.332 e. The number of morpholine rings is 1. The molecule has 3 unspecified atom stereocenters. The van der Waals surface area contributed by atoms with E-state index in [4.69, 9.17) is 14.6 Å². The van der Waals surface area contributed by atoms with Crippen molar-refractivity contribution in [3.05, 3.63) is 0 Å². The van der Waals surface area contributed by atoms with E-state index < -0.39 is 12.1 Å². The van der Waals surface area contributed by atoms with E-state index in [1.807, 2.05) is 20.8 Å². The predicted octanol–water partition coefficient (Wildman–Crippen LogP) is 0.975. The molecule has 3 atom stereocenters. The summed E-state index contributed by atoms with van der Waals surface area (Å²) in [7, 11) is 0. The Labute approximate surface area is 103 Å². The highest BCUT2D eigenvalue weighted by molar-refractivity contribution is 5.72. The third-order valence-electron chi connectivity index (χ3n) is 2.85. The van der Waals surface area contributed by atoms with E-state index in [1.165, 1.54) is 0 Å². The molecule has 1 N–H and O–H groups in total. The average molecular weight is 245 g/mol. The minimum absolute atomic E-state index is 0.217. The van der Waals surface area contributed by atoms with Gasteiger partial charge in [-0.15, -0.1) is 0 Å². The number of ether oxygens (including phenoxy) is 2. The van der Waals surface area contributed by atoms with Crippen molar-refractivity contribution >= 4 is 5.97 Å². The van der Waals surface area contributed by atoms with Crippen molar-refractivity contribution < 1.29 is 19.4 Å². The van der Waals surface area contributed by atoms with Gasteiger partial charge in [-0.2, -0.15) is 0 Å². The SMILES string of the molecule is CCOC(CCN1CC(C)OC(C)C1)C(=O)O. The first-order valence-corrected chi connectivity index (χ1v) is 6.25. The molecule has 0 bridgehead atoms. The van der Waals surface area contributed by atoms with E-state index in [1.54, 1.807) is 0 Å². The molecule has 0 saturated carbocycles. The normalized spacial score (nSPS) is 27.9. The largest absolute Gasteiger partial charge is 0.479 e. The monoisotopic (exact) mass is 245 g/mol. The molecule has 5 heteroatoms. The summed E-state index contributed by atoms with van der Waals surface area (Å²) in [6.45, 7) is 8.81. The summed E-state index contributed by atoms with van der Waals surface area (Å²) in [6.07, 6.45) is 0.277. The fourth-order valence-electron chi connectivity index (χ4n) is 2.25. The maximum absolute atomic E-state index is 10.9. The quantitative estimate of drug-likeness (QED) is 0.755. The van der Waals surface area contributed by atoms with Gasteiger partial charge in [0.15, 0.2) is 6.10 Å². The molecule has 0 aromatic rings. The fraction of sp³-hybridized carbons (Fsp3) is 0.917. The molecule has 0 radical (unpaired) electrons. The van der Waals surface area contributed by atoms with Gasteiger partial charge in [-0.05, 0) is 27.2 Å². The third kappa shape index (κ3) is 5.02. The van der Waals surface area contributed by atoms with Crippen LogP contribution in [0.25, 0.3) is 0 Å². The zero-order valence-corrected chi connectivity index (χ0v) is 10.9. The molecule has 1 aliphatic heterocycles. The first-order valence-electron chi connectivity index (χ1n) is 6.25. The highest BCUT2D eigenvalue weighted by atomic mass is 16.5. The number of nitrogens with zero attached hydrogens (tertiary/aromatic N) is 1. The van der Waals surface area contributed by atoms with Gasteiger partial charge < -0.3 is 14.6 Å². The fourth-order valence-corrected chi connectivity index (χ4v) is 2.25. The van der Waals surface area contributed by atoms with Crippen LogP contribution in [0.3, 0.4) is 0 Å². The van der Waals surface area contributed by atoms with Crippen LogP contribution < -0.4 is 0 Å². The van der Waals surface area contributed by atoms with Gasteiger partial charge in [0.25, 0.3) is 0 Å². The summed E-state index contributed by atoms with van der Waals surface area (Å²) >= 11 is 0. The summed E-state index contributed by atoms with van der Waals surface area (Å²) < 4.78 is 10.8. The van der Waals surface area contributed by atoms with Gasteiger partial charge in [-0.25, -0.2) is 4.79 Å². The molecule has 1 rings (SSSR count). The van der Waals surface area contributed by atoms with E-state index in [9.17, 15) is 4.79 Å². The number of carbonyl (C=O) groups is 1. The second-order valence-electron chi connectivity index (χ2n) is 4.59. The Kier molecular flexibility index (Phi) is 5.88. The number of carboxylic acid groups (broad SMARTS) is 1. The lowest BCUT2D eigenvalue weighted by Gasteiger charge is -2.35. The van der Waals surface area contributed by atoms with Crippen molar-refractivity contribution in [2.45, 2.75) is 45.5 Å². The zero-order chi connectivity index (χ0) is 12.8.